The number of nitrogens with zero attached hydrogens (tertiary/aromatic N) is 2. The van der Waals surface area contributed by atoms with Crippen LogP contribution >= 0.6 is 22.9 Å². The molecule has 0 N–H and O–H groups in total. The lowest BCUT2D eigenvalue weighted by molar-refractivity contribution is 0.279. The number of halogens is 2. The highest BCUT2D eigenvalue weighted by Crippen LogP contribution is 2.41. The van der Waals surface area contributed by atoms with Gasteiger partial charge in [0.1, 0.15) is 12.4 Å². The minimum atomic E-state index is -0.324. The minimum Gasteiger partial charge on any atom is -0.493 e. The summed E-state index contributed by atoms with van der Waals surface area (Å²) >= 11 is 7.61. The molecular weight excluding hydrogens is 583 g/mol. The number of ether oxygens (including phenoxy) is 2. The maximum absolute atomic E-state index is 14.1. The van der Waals surface area contributed by atoms with Crippen molar-refractivity contribution in [2.75, 3.05) is 7.11 Å². The number of hydrogen-bond acceptors (Lipinski definition) is 5. The molecule has 1 aliphatic carbocycles. The van der Waals surface area contributed by atoms with Crippen molar-refractivity contribution in [1.29, 1.82) is 0 Å². The first-order valence-corrected chi connectivity index (χ1v) is 15.1. The largest absolute Gasteiger partial charge is 0.493 e. The maximum atomic E-state index is 14.1. The molecule has 0 fully saturated rings. The van der Waals surface area contributed by atoms with Crippen molar-refractivity contribution >= 4 is 34.7 Å². The third-order valence-corrected chi connectivity index (χ3v) is 9.12. The molecule has 0 saturated carbocycles. The number of allylic oxidation sites excluding steroid dienone is 1. The summed E-state index contributed by atoms with van der Waals surface area (Å²) in [4.78, 5) is 19.8. The van der Waals surface area contributed by atoms with E-state index in [4.69, 9.17) is 26.1 Å². The molecule has 0 radical (unpaired) electrons. The highest BCUT2D eigenvalue weighted by molar-refractivity contribution is 7.07. The summed E-state index contributed by atoms with van der Waals surface area (Å²) in [5.41, 5.74) is 6.60. The van der Waals surface area contributed by atoms with Gasteiger partial charge in [-0.1, -0.05) is 83.6 Å². The van der Waals surface area contributed by atoms with Crippen LogP contribution in [0.4, 0.5) is 4.39 Å². The molecule has 0 bridgehead atoms. The fourth-order valence-electron chi connectivity index (χ4n) is 5.78. The molecule has 5 nitrogen and oxygen atoms in total. The summed E-state index contributed by atoms with van der Waals surface area (Å²) in [5, 5.41) is 0.648. The van der Waals surface area contributed by atoms with Crippen molar-refractivity contribution in [1.82, 2.24) is 4.57 Å². The molecule has 1 aliphatic heterocycles. The van der Waals surface area contributed by atoms with Gasteiger partial charge in [-0.25, -0.2) is 9.38 Å². The van der Waals surface area contributed by atoms with Crippen LogP contribution in [0.2, 0.25) is 5.02 Å². The van der Waals surface area contributed by atoms with Crippen LogP contribution in [0.1, 0.15) is 40.3 Å². The van der Waals surface area contributed by atoms with Crippen LogP contribution in [0.15, 0.2) is 106 Å². The number of aromatic nitrogens is 1. The number of benzene rings is 4. The van der Waals surface area contributed by atoms with Gasteiger partial charge in [0.2, 0.25) is 0 Å². The molecule has 0 spiro atoms. The summed E-state index contributed by atoms with van der Waals surface area (Å²) in [6.45, 7) is 0.0689. The first-order chi connectivity index (χ1) is 21.0. The van der Waals surface area contributed by atoms with Gasteiger partial charge in [0.15, 0.2) is 16.3 Å². The quantitative estimate of drug-likeness (QED) is 0.216. The van der Waals surface area contributed by atoms with Gasteiger partial charge in [0.05, 0.1) is 23.4 Å². The molecule has 0 saturated heterocycles. The Labute approximate surface area is 256 Å². The van der Waals surface area contributed by atoms with Gasteiger partial charge >= 0.3 is 0 Å². The lowest BCUT2D eigenvalue weighted by atomic mass is 9.83. The molecule has 1 atom stereocenters. The summed E-state index contributed by atoms with van der Waals surface area (Å²) in [5.74, 6) is 0.651. The van der Waals surface area contributed by atoms with Crippen LogP contribution in [-0.2, 0) is 13.0 Å². The van der Waals surface area contributed by atoms with E-state index in [2.05, 4.69) is 18.2 Å². The number of hydrogen-bond donors (Lipinski definition) is 0. The normalized spacial score (nSPS) is 15.8. The minimum absolute atomic E-state index is 0.0689. The van der Waals surface area contributed by atoms with Crippen LogP contribution in [0.3, 0.4) is 0 Å². The Morgan fingerprint density at radius 2 is 1.79 bits per heavy atom. The van der Waals surface area contributed by atoms with Gasteiger partial charge in [0.25, 0.3) is 5.56 Å². The average molecular weight is 609 g/mol. The molecule has 43 heavy (non-hydrogen) atoms. The Balaban J connectivity index is 1.31. The second-order valence-corrected chi connectivity index (χ2v) is 11.9. The Hall–Kier alpha value is -4.46. The summed E-state index contributed by atoms with van der Waals surface area (Å²) < 4.78 is 27.9. The van der Waals surface area contributed by atoms with Gasteiger partial charge < -0.3 is 9.47 Å². The predicted molar refractivity (Wildman–Crippen MR) is 168 cm³/mol. The van der Waals surface area contributed by atoms with Crippen molar-refractivity contribution in [3.8, 4) is 11.5 Å². The molecule has 5 aromatic rings. The van der Waals surface area contributed by atoms with Gasteiger partial charge in [-0.2, -0.15) is 0 Å². The first kappa shape index (κ1) is 27.4. The van der Waals surface area contributed by atoms with Gasteiger partial charge in [-0.15, -0.1) is 0 Å². The summed E-state index contributed by atoms with van der Waals surface area (Å²) in [6, 6.07) is 27.7. The van der Waals surface area contributed by atoms with E-state index in [1.807, 2.05) is 53.1 Å². The molecule has 0 amide bonds. The van der Waals surface area contributed by atoms with Crippen molar-refractivity contribution in [3.05, 3.63) is 155 Å². The van der Waals surface area contributed by atoms with Crippen LogP contribution in [0.25, 0.3) is 11.8 Å². The topological polar surface area (TPSA) is 52.8 Å². The zero-order chi connectivity index (χ0) is 29.5. The second kappa shape index (κ2) is 11.3. The van der Waals surface area contributed by atoms with Crippen LogP contribution < -0.4 is 24.4 Å². The van der Waals surface area contributed by atoms with Crippen molar-refractivity contribution in [2.24, 2.45) is 4.99 Å². The number of fused-ring (bicyclic) bond motifs is 3. The highest BCUT2D eigenvalue weighted by Gasteiger charge is 2.32. The van der Waals surface area contributed by atoms with Gasteiger partial charge in [-0.3, -0.25) is 9.36 Å². The zero-order valence-electron chi connectivity index (χ0n) is 23.2. The average Bonchev–Trinajstić information content (AvgIpc) is 3.34. The van der Waals surface area contributed by atoms with Crippen molar-refractivity contribution in [2.45, 2.75) is 25.5 Å². The van der Waals surface area contributed by atoms with Crippen LogP contribution in [0, 0.1) is 5.82 Å². The molecule has 2 aliphatic rings. The third-order valence-electron chi connectivity index (χ3n) is 7.89. The van der Waals surface area contributed by atoms with E-state index >= 15 is 0 Å². The van der Waals surface area contributed by atoms with Gasteiger partial charge in [-0.05, 0) is 71.5 Å². The molecule has 7 rings (SSSR count). The molecule has 214 valence electrons. The van der Waals surface area contributed by atoms with Crippen LogP contribution in [-0.4, -0.2) is 11.7 Å². The Morgan fingerprint density at radius 3 is 2.60 bits per heavy atom. The molecule has 1 aromatic heterocycles. The molecule has 8 heteroatoms. The standard InChI is InChI=1S/C35H26ClFN2O3S/c1-41-30-18-21(10-17-29(30)42-20-24-7-3-5-9-28(24)37)19-31-34(40)39-33(23-11-14-25(36)15-12-23)27-16-13-22-6-2-4-8-26(22)32(27)38-35(39)43-31/h2-12,14-15,17-19,33H,13,16,20H2,1H3/b31-19+/t33-/m0/s1. The fourth-order valence-corrected chi connectivity index (χ4v) is 6.91. The van der Waals surface area contributed by atoms with Crippen molar-refractivity contribution < 1.29 is 13.9 Å². The van der Waals surface area contributed by atoms with E-state index in [0.29, 0.717) is 31.4 Å². The van der Waals surface area contributed by atoms with Gasteiger partial charge in [0, 0.05) is 16.1 Å². The SMILES string of the molecule is COc1cc(/C=c2/sc3n(c2=O)[C@@H](c2ccc(Cl)cc2)C2=C(N=3)c3ccccc3CC2)ccc1OCc1ccccc1F. The Bertz CT molecular complexity index is 2080. The summed E-state index contributed by atoms with van der Waals surface area (Å²) in [6.07, 6.45) is 3.56. The smallest absolute Gasteiger partial charge is 0.271 e. The number of rotatable bonds is 6. The lowest BCUT2D eigenvalue weighted by Crippen LogP contribution is -2.38. The maximum Gasteiger partial charge on any atom is 0.271 e. The van der Waals surface area contributed by atoms with E-state index in [1.54, 1.807) is 31.4 Å². The number of methoxy groups -OCH3 is 1. The number of thiazole rings is 1. The van der Waals surface area contributed by atoms with E-state index in [9.17, 15) is 9.18 Å². The highest BCUT2D eigenvalue weighted by atomic mass is 35.5. The molecular formula is C35H26ClFN2O3S. The van der Waals surface area contributed by atoms with E-state index < -0.39 is 0 Å². The number of aryl methyl sites for hydroxylation is 1. The molecule has 4 aromatic carbocycles. The predicted octanol–water partition coefficient (Wildman–Crippen LogP) is 6.70. The van der Waals surface area contributed by atoms with Crippen LogP contribution in [0.5, 0.6) is 11.5 Å². The van der Waals surface area contributed by atoms with E-state index in [0.717, 1.165) is 40.8 Å². The monoisotopic (exact) mass is 608 g/mol. The third kappa shape index (κ3) is 5.09. The Morgan fingerprint density at radius 1 is 1.00 bits per heavy atom. The fraction of sp³-hybridized carbons (Fsp3) is 0.143. The molecule has 2 heterocycles. The first-order valence-electron chi connectivity index (χ1n) is 13.9. The lowest BCUT2D eigenvalue weighted by Gasteiger charge is -2.30. The summed E-state index contributed by atoms with van der Waals surface area (Å²) in [7, 11) is 1.55. The zero-order valence-corrected chi connectivity index (χ0v) is 24.8. The van der Waals surface area contributed by atoms with Crippen molar-refractivity contribution in [3.63, 3.8) is 0 Å². The Kier molecular flexibility index (Phi) is 7.21. The van der Waals surface area contributed by atoms with E-state index in [1.165, 1.54) is 23.0 Å². The second-order valence-electron chi connectivity index (χ2n) is 10.5. The van der Waals surface area contributed by atoms with E-state index in [-0.39, 0.29) is 24.0 Å². The molecule has 0 unspecified atom stereocenters.